The van der Waals surface area contributed by atoms with Gasteiger partial charge in [0.1, 0.15) is 13.2 Å². The van der Waals surface area contributed by atoms with E-state index in [1.807, 2.05) is 17.0 Å². The molecule has 1 aromatic rings. The second kappa shape index (κ2) is 7.79. The molecular weight excluding hydrogens is 322 g/mol. The molecule has 0 aliphatic carbocycles. The molecule has 0 unspecified atom stereocenters. The lowest BCUT2D eigenvalue weighted by Crippen LogP contribution is -2.32. The SMILES string of the molecule is C=C(S/C=C(\C)c1ccc2c(c1)OCCO2)C1CCN(C=O)CC1. The molecule has 0 bridgehead atoms. The number of nitrogens with zero attached hydrogens (tertiary/aromatic N) is 1. The number of thioether (sulfide) groups is 1. The number of allylic oxidation sites excluding steroid dienone is 2. The average Bonchev–Trinajstić information content (AvgIpc) is 2.65. The third-order valence-electron chi connectivity index (χ3n) is 4.52. The largest absolute Gasteiger partial charge is 0.486 e. The summed E-state index contributed by atoms with van der Waals surface area (Å²) in [7, 11) is 0. The van der Waals surface area contributed by atoms with Crippen LogP contribution >= 0.6 is 11.8 Å². The van der Waals surface area contributed by atoms with Crippen LogP contribution in [0.25, 0.3) is 5.57 Å². The molecule has 1 aromatic carbocycles. The Morgan fingerprint density at radius 3 is 2.67 bits per heavy atom. The first-order valence-electron chi connectivity index (χ1n) is 8.29. The third-order valence-corrected chi connectivity index (χ3v) is 5.63. The van der Waals surface area contributed by atoms with Crippen LogP contribution in [0.4, 0.5) is 0 Å². The molecule has 1 amide bonds. The monoisotopic (exact) mass is 345 g/mol. The Labute approximate surface area is 147 Å². The Morgan fingerprint density at radius 2 is 1.96 bits per heavy atom. The molecule has 1 saturated heterocycles. The van der Waals surface area contributed by atoms with Crippen LogP contribution in [0.5, 0.6) is 11.5 Å². The maximum absolute atomic E-state index is 10.8. The van der Waals surface area contributed by atoms with E-state index >= 15 is 0 Å². The van der Waals surface area contributed by atoms with Crippen molar-refractivity contribution in [3.05, 3.63) is 40.7 Å². The zero-order valence-corrected chi connectivity index (χ0v) is 14.8. The van der Waals surface area contributed by atoms with Gasteiger partial charge in [-0.05, 0) is 59.3 Å². The number of carbonyl (C=O) groups is 1. The zero-order valence-electron chi connectivity index (χ0n) is 14.0. The summed E-state index contributed by atoms with van der Waals surface area (Å²) in [6, 6.07) is 6.06. The van der Waals surface area contributed by atoms with Gasteiger partial charge in [0.05, 0.1) is 0 Å². The van der Waals surface area contributed by atoms with Crippen molar-refractivity contribution >= 4 is 23.7 Å². The molecule has 5 heteroatoms. The minimum Gasteiger partial charge on any atom is -0.486 e. The van der Waals surface area contributed by atoms with Crippen LogP contribution in [0.2, 0.25) is 0 Å². The fourth-order valence-electron chi connectivity index (χ4n) is 2.94. The molecule has 0 atom stereocenters. The number of carbonyl (C=O) groups excluding carboxylic acids is 1. The first kappa shape index (κ1) is 17.0. The van der Waals surface area contributed by atoms with E-state index in [-0.39, 0.29) is 0 Å². The van der Waals surface area contributed by atoms with Gasteiger partial charge in [-0.3, -0.25) is 4.79 Å². The smallest absolute Gasteiger partial charge is 0.209 e. The topological polar surface area (TPSA) is 38.8 Å². The molecule has 2 heterocycles. The molecule has 128 valence electrons. The Kier molecular flexibility index (Phi) is 5.51. The van der Waals surface area contributed by atoms with Gasteiger partial charge in [0.25, 0.3) is 0 Å². The minimum absolute atomic E-state index is 0.482. The summed E-state index contributed by atoms with van der Waals surface area (Å²) >= 11 is 1.70. The number of amides is 1. The van der Waals surface area contributed by atoms with Crippen molar-refractivity contribution in [3.8, 4) is 11.5 Å². The highest BCUT2D eigenvalue weighted by molar-refractivity contribution is 8.06. The molecule has 0 N–H and O–H groups in total. The Balaban J connectivity index is 1.60. The number of rotatable bonds is 5. The summed E-state index contributed by atoms with van der Waals surface area (Å²) in [6.07, 6.45) is 2.95. The summed E-state index contributed by atoms with van der Waals surface area (Å²) in [5.41, 5.74) is 2.32. The number of fused-ring (bicyclic) bond motifs is 1. The number of ether oxygens (including phenoxy) is 2. The van der Waals surface area contributed by atoms with Crippen molar-refractivity contribution in [3.63, 3.8) is 0 Å². The maximum atomic E-state index is 10.8. The molecule has 0 spiro atoms. The molecule has 2 aliphatic rings. The van der Waals surface area contributed by atoms with Gasteiger partial charge in [-0.25, -0.2) is 0 Å². The van der Waals surface area contributed by atoms with Crippen molar-refractivity contribution in [2.45, 2.75) is 19.8 Å². The van der Waals surface area contributed by atoms with Crippen molar-refractivity contribution < 1.29 is 14.3 Å². The molecular formula is C19H23NO3S. The quantitative estimate of drug-likeness (QED) is 0.758. The molecule has 3 rings (SSSR count). The van der Waals surface area contributed by atoms with E-state index < -0.39 is 0 Å². The van der Waals surface area contributed by atoms with Gasteiger partial charge in [0.2, 0.25) is 6.41 Å². The van der Waals surface area contributed by atoms with Crippen LogP contribution in [-0.4, -0.2) is 37.6 Å². The minimum atomic E-state index is 0.482. The number of hydrogen-bond acceptors (Lipinski definition) is 4. The first-order valence-corrected chi connectivity index (χ1v) is 9.17. The standard InChI is InChI=1S/C19H23NO3S/c1-14(17-3-4-18-19(11-17)23-10-9-22-18)12-24-15(2)16-5-7-20(13-21)8-6-16/h3-4,11-13,16H,2,5-10H2,1H3/b14-12+. The van der Waals surface area contributed by atoms with Gasteiger partial charge in [-0.1, -0.05) is 12.6 Å². The molecule has 1 fully saturated rings. The van der Waals surface area contributed by atoms with Crippen LogP contribution in [0, 0.1) is 5.92 Å². The number of likely N-dealkylation sites (tertiary alicyclic amines) is 1. The molecule has 0 radical (unpaired) electrons. The summed E-state index contributed by atoms with van der Waals surface area (Å²) in [4.78, 5) is 13.8. The van der Waals surface area contributed by atoms with Crippen LogP contribution in [-0.2, 0) is 4.79 Å². The number of benzene rings is 1. The summed E-state index contributed by atoms with van der Waals surface area (Å²) in [5.74, 6) is 2.11. The Hall–Kier alpha value is -1.88. The maximum Gasteiger partial charge on any atom is 0.209 e. The van der Waals surface area contributed by atoms with Gasteiger partial charge < -0.3 is 14.4 Å². The van der Waals surface area contributed by atoms with Gasteiger partial charge in [-0.2, -0.15) is 0 Å². The molecule has 0 aromatic heterocycles. The Bertz CT molecular complexity index is 648. The second-order valence-electron chi connectivity index (χ2n) is 6.16. The van der Waals surface area contributed by atoms with E-state index in [4.69, 9.17) is 9.47 Å². The second-order valence-corrected chi connectivity index (χ2v) is 7.15. The highest BCUT2D eigenvalue weighted by atomic mass is 32.2. The number of piperidine rings is 1. The van der Waals surface area contributed by atoms with Gasteiger partial charge in [0.15, 0.2) is 11.5 Å². The third kappa shape index (κ3) is 3.96. The van der Waals surface area contributed by atoms with Crippen LogP contribution in [0.15, 0.2) is 35.1 Å². The Morgan fingerprint density at radius 1 is 1.25 bits per heavy atom. The predicted molar refractivity (Wildman–Crippen MR) is 98.2 cm³/mol. The fourth-order valence-corrected chi connectivity index (χ4v) is 3.84. The van der Waals surface area contributed by atoms with Crippen LogP contribution < -0.4 is 9.47 Å². The van der Waals surface area contributed by atoms with Gasteiger partial charge in [-0.15, -0.1) is 11.8 Å². The molecule has 0 saturated carbocycles. The first-order chi connectivity index (χ1) is 11.7. The van der Waals surface area contributed by atoms with E-state index in [0.717, 1.165) is 49.4 Å². The van der Waals surface area contributed by atoms with Gasteiger partial charge in [0, 0.05) is 13.1 Å². The molecule has 24 heavy (non-hydrogen) atoms. The van der Waals surface area contributed by atoms with Crippen molar-refractivity contribution in [1.29, 1.82) is 0 Å². The predicted octanol–water partition coefficient (Wildman–Crippen LogP) is 3.93. The van der Waals surface area contributed by atoms with E-state index in [0.29, 0.717) is 19.1 Å². The lowest BCUT2D eigenvalue weighted by Gasteiger charge is -2.29. The fraction of sp³-hybridized carbons (Fsp3) is 0.421. The summed E-state index contributed by atoms with van der Waals surface area (Å²) < 4.78 is 11.2. The van der Waals surface area contributed by atoms with Crippen molar-refractivity contribution in [1.82, 2.24) is 4.90 Å². The van der Waals surface area contributed by atoms with E-state index in [2.05, 4.69) is 25.0 Å². The summed E-state index contributed by atoms with van der Waals surface area (Å²) in [6.45, 7) is 9.21. The van der Waals surface area contributed by atoms with Gasteiger partial charge >= 0.3 is 0 Å². The molecule has 2 aliphatic heterocycles. The highest BCUT2D eigenvalue weighted by Crippen LogP contribution is 2.36. The zero-order chi connectivity index (χ0) is 16.9. The average molecular weight is 345 g/mol. The summed E-state index contributed by atoms with van der Waals surface area (Å²) in [5, 5.41) is 2.15. The van der Waals surface area contributed by atoms with E-state index in [1.165, 1.54) is 10.5 Å². The lowest BCUT2D eigenvalue weighted by atomic mass is 9.97. The van der Waals surface area contributed by atoms with E-state index in [9.17, 15) is 4.79 Å². The van der Waals surface area contributed by atoms with Crippen LogP contribution in [0.3, 0.4) is 0 Å². The van der Waals surface area contributed by atoms with Crippen molar-refractivity contribution in [2.75, 3.05) is 26.3 Å². The van der Waals surface area contributed by atoms with Crippen molar-refractivity contribution in [2.24, 2.45) is 5.92 Å². The highest BCUT2D eigenvalue weighted by Gasteiger charge is 2.20. The van der Waals surface area contributed by atoms with Crippen LogP contribution in [0.1, 0.15) is 25.3 Å². The normalized spacial score (nSPS) is 18.4. The molecule has 4 nitrogen and oxygen atoms in total. The number of hydrogen-bond donors (Lipinski definition) is 0. The van der Waals surface area contributed by atoms with E-state index in [1.54, 1.807) is 11.8 Å². The lowest BCUT2D eigenvalue weighted by molar-refractivity contribution is -0.119.